The fraction of sp³-hybridized carbons (Fsp3) is 0.364. The van der Waals surface area contributed by atoms with Gasteiger partial charge in [0.25, 0.3) is 0 Å². The highest BCUT2D eigenvalue weighted by atomic mass is 16.2. The molecule has 0 saturated carbocycles. The molecule has 5 nitrogen and oxygen atoms in total. The Morgan fingerprint density at radius 2 is 2.06 bits per heavy atom. The predicted octanol–water partition coefficient (Wildman–Crippen LogP) is 0.853. The van der Waals surface area contributed by atoms with Crippen LogP contribution in [-0.4, -0.2) is 22.8 Å². The van der Waals surface area contributed by atoms with E-state index in [9.17, 15) is 9.59 Å². The molecule has 0 fully saturated rings. The normalized spacial score (nSPS) is 11.7. The minimum Gasteiger partial charge on any atom is -0.345 e. The molecule has 0 saturated heterocycles. The molecule has 2 amide bonds. The van der Waals surface area contributed by atoms with Crippen molar-refractivity contribution in [3.05, 3.63) is 23.9 Å². The fourth-order valence-electron chi connectivity index (χ4n) is 1.15. The molecule has 0 aliphatic rings. The second-order valence-corrected chi connectivity index (χ2v) is 3.63. The Hall–Kier alpha value is -1.91. The van der Waals surface area contributed by atoms with Crippen LogP contribution in [0.2, 0.25) is 0 Å². The molecule has 1 rings (SSSR count). The molecule has 1 heterocycles. The van der Waals surface area contributed by atoms with Gasteiger partial charge in [-0.1, -0.05) is 6.07 Å². The summed E-state index contributed by atoms with van der Waals surface area (Å²) < 4.78 is 0. The Balaban J connectivity index is 2.57. The number of aromatic nitrogens is 1. The third-order valence-corrected chi connectivity index (χ3v) is 1.98. The van der Waals surface area contributed by atoms with Gasteiger partial charge in [0.05, 0.1) is 0 Å². The number of nitrogens with zero attached hydrogens (tertiary/aromatic N) is 1. The molecule has 0 bridgehead atoms. The maximum Gasteiger partial charge on any atom is 0.247 e. The summed E-state index contributed by atoms with van der Waals surface area (Å²) in [6.07, 6.45) is 1.67. The molecule has 86 valence electrons. The van der Waals surface area contributed by atoms with Crippen molar-refractivity contribution in [1.29, 1.82) is 0 Å². The van der Waals surface area contributed by atoms with E-state index >= 15 is 0 Å². The number of anilines is 1. The van der Waals surface area contributed by atoms with Gasteiger partial charge in [0.1, 0.15) is 11.9 Å². The SMILES string of the molecule is CC(=O)N[C@H](C)C(=O)Nc1ccc(C)cn1. The van der Waals surface area contributed by atoms with Crippen LogP contribution in [0.1, 0.15) is 19.4 Å². The number of rotatable bonds is 3. The van der Waals surface area contributed by atoms with Crippen LogP contribution >= 0.6 is 0 Å². The summed E-state index contributed by atoms with van der Waals surface area (Å²) in [6.45, 7) is 4.90. The van der Waals surface area contributed by atoms with Crippen LogP contribution in [0.25, 0.3) is 0 Å². The van der Waals surface area contributed by atoms with E-state index in [0.717, 1.165) is 5.56 Å². The van der Waals surface area contributed by atoms with Crippen LogP contribution in [0, 0.1) is 6.92 Å². The summed E-state index contributed by atoms with van der Waals surface area (Å²) >= 11 is 0. The Labute approximate surface area is 94.3 Å². The van der Waals surface area contributed by atoms with Crippen molar-refractivity contribution in [2.75, 3.05) is 5.32 Å². The minimum absolute atomic E-state index is 0.237. The van der Waals surface area contributed by atoms with E-state index in [1.54, 1.807) is 19.2 Å². The van der Waals surface area contributed by atoms with Crippen LogP contribution in [0.15, 0.2) is 18.3 Å². The van der Waals surface area contributed by atoms with Crippen molar-refractivity contribution in [1.82, 2.24) is 10.3 Å². The first kappa shape index (κ1) is 12.2. The lowest BCUT2D eigenvalue weighted by Crippen LogP contribution is -2.40. The van der Waals surface area contributed by atoms with Crippen LogP contribution in [-0.2, 0) is 9.59 Å². The summed E-state index contributed by atoms with van der Waals surface area (Å²) in [7, 11) is 0. The van der Waals surface area contributed by atoms with Crippen LogP contribution < -0.4 is 10.6 Å². The van der Waals surface area contributed by atoms with Gasteiger partial charge in [-0.2, -0.15) is 0 Å². The minimum atomic E-state index is -0.569. The predicted molar refractivity (Wildman–Crippen MR) is 60.9 cm³/mol. The summed E-state index contributed by atoms with van der Waals surface area (Å²) in [5, 5.41) is 5.10. The molecule has 1 atom stereocenters. The van der Waals surface area contributed by atoms with Gasteiger partial charge in [0.2, 0.25) is 11.8 Å². The molecule has 16 heavy (non-hydrogen) atoms. The van der Waals surface area contributed by atoms with Crippen molar-refractivity contribution in [3.8, 4) is 0 Å². The van der Waals surface area contributed by atoms with Gasteiger partial charge in [-0.25, -0.2) is 4.98 Å². The zero-order valence-corrected chi connectivity index (χ0v) is 9.57. The van der Waals surface area contributed by atoms with Crippen molar-refractivity contribution >= 4 is 17.6 Å². The summed E-state index contributed by atoms with van der Waals surface area (Å²) in [6, 6.07) is 3.00. The van der Waals surface area contributed by atoms with E-state index < -0.39 is 6.04 Å². The summed E-state index contributed by atoms with van der Waals surface area (Å²) in [5.41, 5.74) is 1.02. The van der Waals surface area contributed by atoms with Crippen molar-refractivity contribution in [2.45, 2.75) is 26.8 Å². The Morgan fingerprint density at radius 3 is 2.56 bits per heavy atom. The molecule has 0 radical (unpaired) electrons. The van der Waals surface area contributed by atoms with E-state index in [0.29, 0.717) is 5.82 Å². The maximum absolute atomic E-state index is 11.6. The van der Waals surface area contributed by atoms with Gasteiger partial charge in [-0.3, -0.25) is 9.59 Å². The number of nitrogens with one attached hydrogen (secondary N) is 2. The highest BCUT2D eigenvalue weighted by Crippen LogP contribution is 2.04. The summed E-state index contributed by atoms with van der Waals surface area (Å²) in [4.78, 5) is 26.4. The highest BCUT2D eigenvalue weighted by molar-refractivity contribution is 5.95. The first-order valence-electron chi connectivity index (χ1n) is 4.99. The van der Waals surface area contributed by atoms with Gasteiger partial charge < -0.3 is 10.6 Å². The number of pyridine rings is 1. The topological polar surface area (TPSA) is 71.1 Å². The Bertz CT molecular complexity index is 387. The largest absolute Gasteiger partial charge is 0.345 e. The molecule has 0 aliphatic carbocycles. The van der Waals surface area contributed by atoms with E-state index in [4.69, 9.17) is 0 Å². The average Bonchev–Trinajstić information content (AvgIpc) is 2.20. The smallest absolute Gasteiger partial charge is 0.247 e. The maximum atomic E-state index is 11.6. The number of amides is 2. The van der Waals surface area contributed by atoms with E-state index in [1.807, 2.05) is 13.0 Å². The lowest BCUT2D eigenvalue weighted by atomic mass is 10.3. The molecule has 1 aromatic heterocycles. The fourth-order valence-corrected chi connectivity index (χ4v) is 1.15. The monoisotopic (exact) mass is 221 g/mol. The average molecular weight is 221 g/mol. The van der Waals surface area contributed by atoms with E-state index in [-0.39, 0.29) is 11.8 Å². The quantitative estimate of drug-likeness (QED) is 0.795. The second kappa shape index (κ2) is 5.25. The zero-order valence-electron chi connectivity index (χ0n) is 9.57. The Morgan fingerprint density at radius 1 is 1.38 bits per heavy atom. The van der Waals surface area contributed by atoms with Crippen molar-refractivity contribution < 1.29 is 9.59 Å². The van der Waals surface area contributed by atoms with Crippen LogP contribution in [0.5, 0.6) is 0 Å². The molecular formula is C11H15N3O2. The van der Waals surface area contributed by atoms with Crippen LogP contribution in [0.3, 0.4) is 0 Å². The number of carbonyl (C=O) groups is 2. The van der Waals surface area contributed by atoms with Gasteiger partial charge in [0.15, 0.2) is 0 Å². The lowest BCUT2D eigenvalue weighted by Gasteiger charge is -2.12. The van der Waals surface area contributed by atoms with Gasteiger partial charge in [-0.15, -0.1) is 0 Å². The number of aryl methyl sites for hydroxylation is 1. The van der Waals surface area contributed by atoms with E-state index in [2.05, 4.69) is 15.6 Å². The highest BCUT2D eigenvalue weighted by Gasteiger charge is 2.13. The third kappa shape index (κ3) is 3.68. The first-order chi connectivity index (χ1) is 7.49. The number of carbonyl (C=O) groups excluding carboxylic acids is 2. The molecule has 5 heteroatoms. The zero-order chi connectivity index (χ0) is 12.1. The van der Waals surface area contributed by atoms with Gasteiger partial charge in [0, 0.05) is 13.1 Å². The second-order valence-electron chi connectivity index (χ2n) is 3.63. The summed E-state index contributed by atoms with van der Waals surface area (Å²) in [5.74, 6) is -0.0427. The van der Waals surface area contributed by atoms with E-state index in [1.165, 1.54) is 6.92 Å². The lowest BCUT2D eigenvalue weighted by molar-refractivity contribution is -0.124. The molecule has 0 spiro atoms. The Kier molecular flexibility index (Phi) is 3.99. The van der Waals surface area contributed by atoms with Crippen molar-refractivity contribution in [2.24, 2.45) is 0 Å². The molecule has 0 aliphatic heterocycles. The standard InChI is InChI=1S/C11H15N3O2/c1-7-4-5-10(12-6-7)14-11(16)8(2)13-9(3)15/h4-6,8H,1-3H3,(H,13,15)(H,12,14,16)/t8-/m1/s1. The molecule has 0 unspecified atom stereocenters. The molecular weight excluding hydrogens is 206 g/mol. The number of hydrogen-bond donors (Lipinski definition) is 2. The molecule has 1 aromatic rings. The number of hydrogen-bond acceptors (Lipinski definition) is 3. The van der Waals surface area contributed by atoms with Crippen LogP contribution in [0.4, 0.5) is 5.82 Å². The van der Waals surface area contributed by atoms with Gasteiger partial charge in [-0.05, 0) is 25.5 Å². The molecule has 0 aromatic carbocycles. The molecule has 2 N–H and O–H groups in total. The van der Waals surface area contributed by atoms with Crippen molar-refractivity contribution in [3.63, 3.8) is 0 Å². The van der Waals surface area contributed by atoms with Gasteiger partial charge >= 0.3 is 0 Å². The first-order valence-corrected chi connectivity index (χ1v) is 4.99. The third-order valence-electron chi connectivity index (χ3n) is 1.98.